The van der Waals surface area contributed by atoms with Gasteiger partial charge in [-0.3, -0.25) is 4.79 Å². The average Bonchev–Trinajstić information content (AvgIpc) is 3.42. The molecule has 4 aromatic rings. The Morgan fingerprint density at radius 3 is 2.78 bits per heavy atom. The van der Waals surface area contributed by atoms with Crippen LogP contribution in [0.15, 0.2) is 48.8 Å². The highest BCUT2D eigenvalue weighted by molar-refractivity contribution is 6.32. The first kappa shape index (κ1) is 20.6. The Kier molecular flexibility index (Phi) is 4.93. The largest absolute Gasteiger partial charge is 0.340 e. The monoisotopic (exact) mass is 449 g/mol. The minimum absolute atomic E-state index is 0.236. The van der Waals surface area contributed by atoms with Crippen LogP contribution in [0.4, 0.5) is 4.39 Å². The molecule has 1 amide bonds. The molecule has 0 spiro atoms. The van der Waals surface area contributed by atoms with Crippen molar-refractivity contribution >= 4 is 28.5 Å². The number of rotatable bonds is 3. The van der Waals surface area contributed by atoms with E-state index in [1.165, 1.54) is 12.1 Å². The molecule has 0 aliphatic carbocycles. The number of aryl methyl sites for hydroxylation is 1. The number of fused-ring (bicyclic) bond motifs is 1. The third kappa shape index (κ3) is 3.24. The molecule has 0 radical (unpaired) electrons. The predicted octanol–water partition coefficient (Wildman–Crippen LogP) is 5.27. The third-order valence-corrected chi connectivity index (χ3v) is 6.67. The lowest BCUT2D eigenvalue weighted by Crippen LogP contribution is -2.43. The van der Waals surface area contributed by atoms with Gasteiger partial charge in [0.15, 0.2) is 5.82 Å². The van der Waals surface area contributed by atoms with Gasteiger partial charge in [0.05, 0.1) is 22.1 Å². The Hall–Kier alpha value is -3.32. The number of hydrogen-bond donors (Lipinski definition) is 1. The predicted molar refractivity (Wildman–Crippen MR) is 121 cm³/mol. The quantitative estimate of drug-likeness (QED) is 0.462. The van der Waals surface area contributed by atoms with Gasteiger partial charge in [-0.15, -0.1) is 0 Å². The lowest BCUT2D eigenvalue weighted by molar-refractivity contribution is 0.0606. The molecule has 1 fully saturated rings. The average molecular weight is 450 g/mol. The number of aromatic nitrogens is 4. The van der Waals surface area contributed by atoms with Crippen LogP contribution in [0.25, 0.3) is 22.4 Å². The Labute approximate surface area is 189 Å². The van der Waals surface area contributed by atoms with Gasteiger partial charge in [0, 0.05) is 29.5 Å². The van der Waals surface area contributed by atoms with Gasteiger partial charge in [0.2, 0.25) is 0 Å². The van der Waals surface area contributed by atoms with Gasteiger partial charge in [0.1, 0.15) is 11.6 Å². The molecule has 162 valence electrons. The van der Waals surface area contributed by atoms with Gasteiger partial charge in [-0.1, -0.05) is 11.6 Å². The fraction of sp³-hybridized carbons (Fsp3) is 0.250. The number of benzene rings is 2. The van der Waals surface area contributed by atoms with E-state index in [-0.39, 0.29) is 11.5 Å². The lowest BCUT2D eigenvalue weighted by Gasteiger charge is -2.34. The molecule has 6 nitrogen and oxygen atoms in total. The number of halogens is 2. The molecule has 2 aromatic carbocycles. The van der Waals surface area contributed by atoms with Crippen LogP contribution in [0.5, 0.6) is 0 Å². The smallest absolute Gasteiger partial charge is 0.255 e. The Balaban J connectivity index is 1.59. The number of carbonyl (C=O) groups is 1. The summed E-state index contributed by atoms with van der Waals surface area (Å²) in [6.07, 6.45) is 4.74. The van der Waals surface area contributed by atoms with Crippen LogP contribution in [-0.4, -0.2) is 37.3 Å². The van der Waals surface area contributed by atoms with Crippen LogP contribution >= 0.6 is 11.6 Å². The van der Waals surface area contributed by atoms with E-state index < -0.39 is 11.4 Å². The van der Waals surface area contributed by atoms with Crippen LogP contribution in [0.1, 0.15) is 41.5 Å². The number of nitrogens with zero attached hydrogens (tertiary/aromatic N) is 4. The van der Waals surface area contributed by atoms with Crippen molar-refractivity contribution in [2.75, 3.05) is 6.54 Å². The molecule has 8 heteroatoms. The van der Waals surface area contributed by atoms with Gasteiger partial charge < -0.3 is 9.88 Å². The highest BCUT2D eigenvalue weighted by Crippen LogP contribution is 2.40. The van der Waals surface area contributed by atoms with Gasteiger partial charge >= 0.3 is 0 Å². The molecule has 1 saturated heterocycles. The number of nitrogens with one attached hydrogen (secondary N) is 1. The fourth-order valence-electron chi connectivity index (χ4n) is 4.45. The fourth-order valence-corrected chi connectivity index (χ4v) is 4.60. The SMILES string of the molecule is Cc1c(Cl)ccc2[nH]c(C3(C)CCCN3C(=O)c3cc(F)ccc3-c3ncccn3)nc12. The number of amides is 1. The van der Waals surface area contributed by atoms with Crippen LogP contribution in [0.3, 0.4) is 0 Å². The Bertz CT molecular complexity index is 1340. The zero-order chi connectivity index (χ0) is 22.5. The zero-order valence-electron chi connectivity index (χ0n) is 17.7. The molecule has 32 heavy (non-hydrogen) atoms. The van der Waals surface area contributed by atoms with Crippen molar-refractivity contribution in [2.24, 2.45) is 0 Å². The van der Waals surface area contributed by atoms with Crippen LogP contribution in [0.2, 0.25) is 5.02 Å². The molecule has 1 aliphatic rings. The molecule has 0 bridgehead atoms. The van der Waals surface area contributed by atoms with Crippen molar-refractivity contribution in [1.82, 2.24) is 24.8 Å². The second-order valence-electron chi connectivity index (χ2n) is 8.25. The number of imidazole rings is 1. The standard InChI is InChI=1S/C24H21ClFN5O/c1-14-18(25)7-8-19-20(14)30-23(29-19)24(2)9-3-12-31(24)22(32)17-13-15(26)5-6-16(17)21-27-10-4-11-28-21/h4-8,10-11,13H,3,9,12H2,1-2H3,(H,29,30). The first-order chi connectivity index (χ1) is 15.4. The maximum Gasteiger partial charge on any atom is 0.255 e. The van der Waals surface area contributed by atoms with E-state index in [0.29, 0.717) is 28.8 Å². The van der Waals surface area contributed by atoms with Crippen molar-refractivity contribution < 1.29 is 9.18 Å². The maximum atomic E-state index is 14.2. The summed E-state index contributed by atoms with van der Waals surface area (Å²) in [5.74, 6) is 0.313. The van der Waals surface area contributed by atoms with Crippen molar-refractivity contribution in [3.8, 4) is 11.4 Å². The van der Waals surface area contributed by atoms with Crippen molar-refractivity contribution in [3.05, 3.63) is 76.6 Å². The van der Waals surface area contributed by atoms with Crippen LogP contribution in [0, 0.1) is 12.7 Å². The number of likely N-dealkylation sites (tertiary alicyclic amines) is 1. The van der Waals surface area contributed by atoms with Crippen LogP contribution in [-0.2, 0) is 5.54 Å². The lowest BCUT2D eigenvalue weighted by atomic mass is 9.96. The summed E-state index contributed by atoms with van der Waals surface area (Å²) in [6.45, 7) is 4.45. The van der Waals surface area contributed by atoms with E-state index >= 15 is 0 Å². The molecule has 2 aromatic heterocycles. The first-order valence-corrected chi connectivity index (χ1v) is 10.8. The minimum atomic E-state index is -0.670. The minimum Gasteiger partial charge on any atom is -0.340 e. The van der Waals surface area contributed by atoms with Crippen molar-refractivity contribution in [3.63, 3.8) is 0 Å². The molecule has 1 unspecified atom stereocenters. The van der Waals surface area contributed by atoms with Crippen molar-refractivity contribution in [2.45, 2.75) is 32.2 Å². The van der Waals surface area contributed by atoms with Gasteiger partial charge in [-0.05, 0) is 68.7 Å². The number of aromatic amines is 1. The molecule has 1 aliphatic heterocycles. The van der Waals surface area contributed by atoms with E-state index in [2.05, 4.69) is 15.0 Å². The van der Waals surface area contributed by atoms with E-state index in [1.807, 2.05) is 26.0 Å². The molecule has 1 N–H and O–H groups in total. The molecule has 1 atom stereocenters. The third-order valence-electron chi connectivity index (χ3n) is 6.26. The van der Waals surface area contributed by atoms with E-state index in [9.17, 15) is 9.18 Å². The van der Waals surface area contributed by atoms with E-state index in [1.54, 1.807) is 29.4 Å². The molecule has 0 saturated carbocycles. The molecular weight excluding hydrogens is 429 g/mol. The summed E-state index contributed by atoms with van der Waals surface area (Å²) in [5, 5.41) is 0.646. The molecular formula is C24H21ClFN5O. The molecule has 3 heterocycles. The zero-order valence-corrected chi connectivity index (χ0v) is 18.4. The van der Waals surface area contributed by atoms with Crippen molar-refractivity contribution in [1.29, 1.82) is 0 Å². The summed E-state index contributed by atoms with van der Waals surface area (Å²) in [7, 11) is 0. The van der Waals surface area contributed by atoms with Gasteiger partial charge in [0.25, 0.3) is 5.91 Å². The Morgan fingerprint density at radius 1 is 1.22 bits per heavy atom. The second-order valence-corrected chi connectivity index (χ2v) is 8.66. The van der Waals surface area contributed by atoms with Gasteiger partial charge in [-0.2, -0.15) is 0 Å². The summed E-state index contributed by atoms with van der Waals surface area (Å²) in [6, 6.07) is 9.55. The summed E-state index contributed by atoms with van der Waals surface area (Å²) < 4.78 is 14.2. The highest BCUT2D eigenvalue weighted by Gasteiger charge is 2.44. The maximum absolute atomic E-state index is 14.2. The van der Waals surface area contributed by atoms with Gasteiger partial charge in [-0.25, -0.2) is 19.3 Å². The first-order valence-electron chi connectivity index (χ1n) is 10.4. The van der Waals surface area contributed by atoms with E-state index in [4.69, 9.17) is 16.6 Å². The summed E-state index contributed by atoms with van der Waals surface area (Å²) in [5.41, 5.74) is 2.61. The molecule has 5 rings (SSSR count). The summed E-state index contributed by atoms with van der Waals surface area (Å²) >= 11 is 6.28. The number of H-pyrrole nitrogens is 1. The highest BCUT2D eigenvalue weighted by atomic mass is 35.5. The summed E-state index contributed by atoms with van der Waals surface area (Å²) in [4.78, 5) is 32.2. The van der Waals surface area contributed by atoms with Crippen LogP contribution < -0.4 is 0 Å². The normalized spacial score (nSPS) is 18.4. The number of carbonyl (C=O) groups excluding carboxylic acids is 1. The second kappa shape index (κ2) is 7.67. The number of hydrogen-bond acceptors (Lipinski definition) is 4. The topological polar surface area (TPSA) is 74.8 Å². The Morgan fingerprint density at radius 2 is 2.00 bits per heavy atom. The van der Waals surface area contributed by atoms with E-state index in [0.717, 1.165) is 29.4 Å².